The molecule has 2 unspecified atom stereocenters. The van der Waals surface area contributed by atoms with E-state index in [0.29, 0.717) is 18.6 Å². The largest absolute Gasteiger partial charge is 0.469 e. The standard InChI is InChI=1S/C21H36O3/c1-3-4-13-16-19-20(24-19)17-14-11-9-7-5-6-8-10-12-15-18-21(22)23-2/h5,7,11,14,19-20H,3-4,6,8-10,12-13,15-18H2,1-2H3. The predicted molar refractivity (Wildman–Crippen MR) is 100 cm³/mol. The molecular weight excluding hydrogens is 300 g/mol. The van der Waals surface area contributed by atoms with Crippen LogP contribution in [0.5, 0.6) is 0 Å². The summed E-state index contributed by atoms with van der Waals surface area (Å²) >= 11 is 0. The van der Waals surface area contributed by atoms with E-state index in [-0.39, 0.29) is 5.97 Å². The van der Waals surface area contributed by atoms with Gasteiger partial charge in [0.1, 0.15) is 0 Å². The van der Waals surface area contributed by atoms with Gasteiger partial charge in [-0.3, -0.25) is 4.79 Å². The second-order valence-corrected chi connectivity index (χ2v) is 6.65. The minimum absolute atomic E-state index is 0.0921. The smallest absolute Gasteiger partial charge is 0.305 e. The Morgan fingerprint density at radius 3 is 2.54 bits per heavy atom. The van der Waals surface area contributed by atoms with E-state index in [1.165, 1.54) is 45.6 Å². The molecule has 3 heteroatoms. The van der Waals surface area contributed by atoms with E-state index in [0.717, 1.165) is 32.1 Å². The van der Waals surface area contributed by atoms with Gasteiger partial charge in [-0.15, -0.1) is 0 Å². The van der Waals surface area contributed by atoms with Crippen LogP contribution in [0.4, 0.5) is 0 Å². The first-order chi connectivity index (χ1) is 11.8. The minimum atomic E-state index is -0.0921. The second-order valence-electron chi connectivity index (χ2n) is 6.65. The van der Waals surface area contributed by atoms with Crippen molar-refractivity contribution in [2.75, 3.05) is 7.11 Å². The molecule has 0 aromatic carbocycles. The number of carbonyl (C=O) groups excluding carboxylic acids is 1. The van der Waals surface area contributed by atoms with E-state index in [4.69, 9.17) is 4.74 Å². The molecule has 1 fully saturated rings. The van der Waals surface area contributed by atoms with Crippen LogP contribution >= 0.6 is 0 Å². The van der Waals surface area contributed by atoms with Gasteiger partial charge in [-0.2, -0.15) is 0 Å². The van der Waals surface area contributed by atoms with Crippen LogP contribution in [0, 0.1) is 0 Å². The number of unbranched alkanes of at least 4 members (excludes halogenated alkanes) is 6. The van der Waals surface area contributed by atoms with Crippen molar-refractivity contribution in [2.24, 2.45) is 0 Å². The molecule has 138 valence electrons. The molecule has 0 radical (unpaired) electrons. The van der Waals surface area contributed by atoms with Crippen molar-refractivity contribution in [3.05, 3.63) is 24.3 Å². The monoisotopic (exact) mass is 336 g/mol. The molecule has 24 heavy (non-hydrogen) atoms. The van der Waals surface area contributed by atoms with Gasteiger partial charge < -0.3 is 9.47 Å². The maximum Gasteiger partial charge on any atom is 0.305 e. The molecule has 0 aliphatic carbocycles. The summed E-state index contributed by atoms with van der Waals surface area (Å²) < 4.78 is 10.3. The molecule has 1 rings (SSSR count). The summed E-state index contributed by atoms with van der Waals surface area (Å²) in [5, 5.41) is 0. The van der Waals surface area contributed by atoms with Gasteiger partial charge in [-0.1, -0.05) is 63.3 Å². The lowest BCUT2D eigenvalue weighted by atomic mass is 10.1. The summed E-state index contributed by atoms with van der Waals surface area (Å²) in [5.41, 5.74) is 0. The first-order valence-electron chi connectivity index (χ1n) is 9.80. The van der Waals surface area contributed by atoms with Crippen LogP contribution in [0.3, 0.4) is 0 Å². The third kappa shape index (κ3) is 11.4. The first kappa shape index (κ1) is 21.0. The van der Waals surface area contributed by atoms with E-state index in [1.54, 1.807) is 0 Å². The van der Waals surface area contributed by atoms with Crippen molar-refractivity contribution in [2.45, 2.75) is 96.2 Å². The number of epoxide rings is 1. The highest BCUT2D eigenvalue weighted by atomic mass is 16.6. The van der Waals surface area contributed by atoms with Gasteiger partial charge in [-0.25, -0.2) is 0 Å². The lowest BCUT2D eigenvalue weighted by Gasteiger charge is -1.99. The first-order valence-corrected chi connectivity index (χ1v) is 9.80. The van der Waals surface area contributed by atoms with Crippen LogP contribution in [0.15, 0.2) is 24.3 Å². The van der Waals surface area contributed by atoms with E-state index >= 15 is 0 Å². The number of hydrogen-bond acceptors (Lipinski definition) is 3. The maximum atomic E-state index is 10.9. The Bertz CT molecular complexity index is 373. The maximum absolute atomic E-state index is 10.9. The van der Waals surface area contributed by atoms with Gasteiger partial charge in [0.15, 0.2) is 0 Å². The molecule has 1 heterocycles. The fourth-order valence-electron chi connectivity index (χ4n) is 2.84. The molecule has 0 spiro atoms. The Kier molecular flexibility index (Phi) is 12.5. The normalized spacial score (nSPS) is 20.1. The van der Waals surface area contributed by atoms with Crippen LogP contribution in [-0.4, -0.2) is 25.3 Å². The molecule has 0 aromatic heterocycles. The van der Waals surface area contributed by atoms with Crippen molar-refractivity contribution in [3.8, 4) is 0 Å². The van der Waals surface area contributed by atoms with Gasteiger partial charge in [0.25, 0.3) is 0 Å². The molecule has 1 aliphatic heterocycles. The number of methoxy groups -OCH3 is 1. The molecule has 1 aliphatic rings. The van der Waals surface area contributed by atoms with Gasteiger partial charge in [-0.05, 0) is 38.5 Å². The number of rotatable bonds is 15. The zero-order chi connectivity index (χ0) is 17.5. The fourth-order valence-corrected chi connectivity index (χ4v) is 2.84. The van der Waals surface area contributed by atoms with Crippen LogP contribution in [0.1, 0.15) is 84.0 Å². The lowest BCUT2D eigenvalue weighted by molar-refractivity contribution is -0.140. The molecule has 0 bridgehead atoms. The van der Waals surface area contributed by atoms with Crippen LogP contribution in [0.2, 0.25) is 0 Å². The third-order valence-corrected chi connectivity index (χ3v) is 4.48. The highest BCUT2D eigenvalue weighted by Crippen LogP contribution is 2.30. The Labute approximate surface area is 148 Å². The number of carbonyl (C=O) groups is 1. The Balaban J connectivity index is 1.84. The van der Waals surface area contributed by atoms with Crippen molar-refractivity contribution >= 4 is 5.97 Å². The number of hydrogen-bond donors (Lipinski definition) is 0. The van der Waals surface area contributed by atoms with E-state index in [2.05, 4.69) is 36.0 Å². The fraction of sp³-hybridized carbons (Fsp3) is 0.762. The van der Waals surface area contributed by atoms with Crippen LogP contribution < -0.4 is 0 Å². The van der Waals surface area contributed by atoms with Crippen molar-refractivity contribution in [1.29, 1.82) is 0 Å². The van der Waals surface area contributed by atoms with Gasteiger partial charge in [0, 0.05) is 6.42 Å². The lowest BCUT2D eigenvalue weighted by Crippen LogP contribution is -1.98. The molecule has 1 saturated heterocycles. The second kappa shape index (κ2) is 14.3. The minimum Gasteiger partial charge on any atom is -0.469 e. The summed E-state index contributed by atoms with van der Waals surface area (Å²) in [4.78, 5) is 10.9. The van der Waals surface area contributed by atoms with Crippen molar-refractivity contribution < 1.29 is 14.3 Å². The van der Waals surface area contributed by atoms with Gasteiger partial charge in [0.2, 0.25) is 0 Å². The average molecular weight is 337 g/mol. The van der Waals surface area contributed by atoms with Crippen LogP contribution in [-0.2, 0) is 14.3 Å². The van der Waals surface area contributed by atoms with Gasteiger partial charge in [0.05, 0.1) is 19.3 Å². The molecule has 0 N–H and O–H groups in total. The third-order valence-electron chi connectivity index (χ3n) is 4.48. The Morgan fingerprint density at radius 1 is 0.958 bits per heavy atom. The average Bonchev–Trinajstić information content (AvgIpc) is 3.34. The molecular formula is C21H36O3. The van der Waals surface area contributed by atoms with Crippen molar-refractivity contribution in [1.82, 2.24) is 0 Å². The predicted octanol–water partition coefficient (Wildman–Crippen LogP) is 5.74. The topological polar surface area (TPSA) is 38.8 Å². The summed E-state index contributed by atoms with van der Waals surface area (Å²) in [6.07, 6.45) is 23.5. The number of esters is 1. The Hall–Kier alpha value is -1.09. The molecule has 0 saturated carbocycles. The Morgan fingerprint density at radius 2 is 1.75 bits per heavy atom. The highest BCUT2D eigenvalue weighted by Gasteiger charge is 2.36. The van der Waals surface area contributed by atoms with Crippen LogP contribution in [0.25, 0.3) is 0 Å². The zero-order valence-electron chi connectivity index (χ0n) is 15.7. The quantitative estimate of drug-likeness (QED) is 0.166. The number of ether oxygens (including phenoxy) is 2. The van der Waals surface area contributed by atoms with Gasteiger partial charge >= 0.3 is 5.97 Å². The zero-order valence-corrected chi connectivity index (χ0v) is 15.7. The SMILES string of the molecule is CCCCCC1OC1CC=CCC=CCCCCCCC(=O)OC. The molecule has 3 nitrogen and oxygen atoms in total. The summed E-state index contributed by atoms with van der Waals surface area (Å²) in [6, 6.07) is 0. The molecule has 0 amide bonds. The molecule has 2 atom stereocenters. The summed E-state index contributed by atoms with van der Waals surface area (Å²) in [6.45, 7) is 2.24. The summed E-state index contributed by atoms with van der Waals surface area (Å²) in [5.74, 6) is -0.0921. The van der Waals surface area contributed by atoms with E-state index in [9.17, 15) is 4.79 Å². The highest BCUT2D eigenvalue weighted by molar-refractivity contribution is 5.68. The number of allylic oxidation sites excluding steroid dienone is 3. The van der Waals surface area contributed by atoms with E-state index < -0.39 is 0 Å². The summed E-state index contributed by atoms with van der Waals surface area (Å²) in [7, 11) is 1.45. The van der Waals surface area contributed by atoms with Crippen molar-refractivity contribution in [3.63, 3.8) is 0 Å². The van der Waals surface area contributed by atoms with E-state index in [1.807, 2.05) is 0 Å². The molecule has 0 aromatic rings.